The van der Waals surface area contributed by atoms with Crippen LogP contribution < -0.4 is 0 Å². The fourth-order valence-electron chi connectivity index (χ4n) is 5.35. The standard InChI is InChI=1S/C39H72O5/c1-3-5-7-9-11-13-15-17-19-21-23-25-27-29-31-33-38(41)43-36-37(35-40)44-39(42)34-32-30-28-26-24-22-20-18-16-14-12-10-8-6-4-2/h11,13,17,19,37,40H,3-10,12,14-16,18,20-36H2,1-2H3/t37-/m0/s1. The Balaban J connectivity index is 3.56. The van der Waals surface area contributed by atoms with E-state index in [2.05, 4.69) is 38.2 Å². The van der Waals surface area contributed by atoms with Gasteiger partial charge in [0.15, 0.2) is 6.10 Å². The van der Waals surface area contributed by atoms with Crippen LogP contribution in [0.1, 0.15) is 194 Å². The molecule has 0 saturated heterocycles. The first-order valence-corrected chi connectivity index (χ1v) is 18.9. The Labute approximate surface area is 273 Å². The molecule has 0 aliphatic heterocycles. The molecule has 0 saturated carbocycles. The van der Waals surface area contributed by atoms with Gasteiger partial charge in [-0.2, -0.15) is 0 Å². The summed E-state index contributed by atoms with van der Waals surface area (Å²) >= 11 is 0. The minimum absolute atomic E-state index is 0.0693. The van der Waals surface area contributed by atoms with E-state index in [1.165, 1.54) is 116 Å². The summed E-state index contributed by atoms with van der Waals surface area (Å²) in [5, 5.41) is 9.53. The van der Waals surface area contributed by atoms with Gasteiger partial charge in [-0.3, -0.25) is 9.59 Å². The number of carbonyl (C=O) groups is 2. The summed E-state index contributed by atoms with van der Waals surface area (Å²) in [7, 11) is 0. The Morgan fingerprint density at radius 2 is 0.909 bits per heavy atom. The maximum Gasteiger partial charge on any atom is 0.306 e. The van der Waals surface area contributed by atoms with Gasteiger partial charge < -0.3 is 14.6 Å². The molecule has 5 nitrogen and oxygen atoms in total. The Bertz CT molecular complexity index is 671. The fraction of sp³-hybridized carbons (Fsp3) is 0.846. The number of hydrogen-bond acceptors (Lipinski definition) is 5. The van der Waals surface area contributed by atoms with Crippen molar-refractivity contribution in [1.29, 1.82) is 0 Å². The van der Waals surface area contributed by atoms with E-state index in [0.29, 0.717) is 12.8 Å². The van der Waals surface area contributed by atoms with Crippen molar-refractivity contribution in [1.82, 2.24) is 0 Å². The zero-order valence-electron chi connectivity index (χ0n) is 29.2. The summed E-state index contributed by atoms with van der Waals surface area (Å²) in [5.41, 5.74) is 0. The fourth-order valence-corrected chi connectivity index (χ4v) is 5.35. The zero-order valence-corrected chi connectivity index (χ0v) is 29.2. The lowest BCUT2D eigenvalue weighted by atomic mass is 10.0. The number of hydrogen-bond donors (Lipinski definition) is 1. The second kappa shape index (κ2) is 35.9. The maximum atomic E-state index is 12.1. The largest absolute Gasteiger partial charge is 0.462 e. The minimum atomic E-state index is -0.771. The summed E-state index contributed by atoms with van der Waals surface area (Å²) in [5.74, 6) is -0.601. The number of allylic oxidation sites excluding steroid dienone is 4. The molecule has 0 aromatic rings. The van der Waals surface area contributed by atoms with E-state index < -0.39 is 6.10 Å². The average molecular weight is 621 g/mol. The van der Waals surface area contributed by atoms with Crippen LogP contribution in [0.2, 0.25) is 0 Å². The molecular formula is C39H72O5. The van der Waals surface area contributed by atoms with Crippen molar-refractivity contribution in [3.63, 3.8) is 0 Å². The van der Waals surface area contributed by atoms with E-state index in [-0.39, 0.29) is 25.2 Å². The Hall–Kier alpha value is -1.62. The van der Waals surface area contributed by atoms with Crippen molar-refractivity contribution in [2.75, 3.05) is 13.2 Å². The van der Waals surface area contributed by atoms with Crippen LogP contribution in [-0.4, -0.2) is 36.4 Å². The first-order valence-electron chi connectivity index (χ1n) is 18.9. The second-order valence-electron chi connectivity index (χ2n) is 12.7. The molecule has 0 rings (SSSR count). The predicted molar refractivity (Wildman–Crippen MR) is 187 cm³/mol. The SMILES string of the molecule is CCCCCC=CCC=CCCCCCCCC(=O)OC[C@H](CO)OC(=O)CCCCCCCCCCCCCCCCC. The third kappa shape index (κ3) is 33.3. The number of aliphatic hydroxyl groups is 1. The highest BCUT2D eigenvalue weighted by atomic mass is 16.6. The second-order valence-corrected chi connectivity index (χ2v) is 12.7. The molecule has 0 radical (unpaired) electrons. The smallest absolute Gasteiger partial charge is 0.306 e. The predicted octanol–water partition coefficient (Wildman–Crippen LogP) is 11.5. The molecule has 0 aromatic carbocycles. The van der Waals surface area contributed by atoms with Gasteiger partial charge >= 0.3 is 11.9 Å². The van der Waals surface area contributed by atoms with Gasteiger partial charge in [-0.15, -0.1) is 0 Å². The van der Waals surface area contributed by atoms with Gasteiger partial charge in [-0.25, -0.2) is 0 Å². The molecule has 44 heavy (non-hydrogen) atoms. The third-order valence-corrected chi connectivity index (χ3v) is 8.25. The maximum absolute atomic E-state index is 12.1. The lowest BCUT2D eigenvalue weighted by Crippen LogP contribution is -2.28. The third-order valence-electron chi connectivity index (χ3n) is 8.25. The molecular weight excluding hydrogens is 548 g/mol. The molecule has 0 spiro atoms. The molecule has 0 amide bonds. The van der Waals surface area contributed by atoms with Crippen molar-refractivity contribution in [2.45, 2.75) is 200 Å². The van der Waals surface area contributed by atoms with Crippen molar-refractivity contribution in [3.8, 4) is 0 Å². The average Bonchev–Trinajstić information content (AvgIpc) is 3.02. The monoisotopic (exact) mass is 621 g/mol. The van der Waals surface area contributed by atoms with E-state index in [0.717, 1.165) is 51.4 Å². The number of esters is 2. The topological polar surface area (TPSA) is 72.8 Å². The van der Waals surface area contributed by atoms with Crippen LogP contribution in [0.4, 0.5) is 0 Å². The van der Waals surface area contributed by atoms with Gasteiger partial charge in [0.1, 0.15) is 6.61 Å². The van der Waals surface area contributed by atoms with Gasteiger partial charge in [0.05, 0.1) is 6.61 Å². The van der Waals surface area contributed by atoms with Gasteiger partial charge in [-0.05, 0) is 44.9 Å². The van der Waals surface area contributed by atoms with Crippen LogP contribution in [-0.2, 0) is 19.1 Å². The highest BCUT2D eigenvalue weighted by molar-refractivity contribution is 5.70. The van der Waals surface area contributed by atoms with Gasteiger partial charge in [0, 0.05) is 12.8 Å². The Morgan fingerprint density at radius 3 is 1.39 bits per heavy atom. The molecule has 5 heteroatoms. The summed E-state index contributed by atoms with van der Waals surface area (Å²) in [6.45, 7) is 4.10. The van der Waals surface area contributed by atoms with Gasteiger partial charge in [0.2, 0.25) is 0 Å². The van der Waals surface area contributed by atoms with Crippen molar-refractivity contribution in [3.05, 3.63) is 24.3 Å². The van der Waals surface area contributed by atoms with Crippen LogP contribution in [0.5, 0.6) is 0 Å². The number of ether oxygens (including phenoxy) is 2. The van der Waals surface area contributed by atoms with Crippen LogP contribution in [0, 0.1) is 0 Å². The Kier molecular flexibility index (Phi) is 34.5. The summed E-state index contributed by atoms with van der Waals surface area (Å²) in [4.78, 5) is 24.2. The van der Waals surface area contributed by atoms with E-state index in [4.69, 9.17) is 9.47 Å². The number of rotatable bonds is 34. The van der Waals surface area contributed by atoms with Crippen LogP contribution >= 0.6 is 0 Å². The lowest BCUT2D eigenvalue weighted by Gasteiger charge is -2.15. The first kappa shape index (κ1) is 42.4. The molecule has 1 N–H and O–H groups in total. The zero-order chi connectivity index (χ0) is 32.2. The molecule has 0 fully saturated rings. The lowest BCUT2D eigenvalue weighted by molar-refractivity contribution is -0.161. The number of carbonyl (C=O) groups excluding carboxylic acids is 2. The molecule has 258 valence electrons. The van der Waals surface area contributed by atoms with Crippen molar-refractivity contribution >= 4 is 11.9 Å². The van der Waals surface area contributed by atoms with Gasteiger partial charge in [-0.1, -0.05) is 160 Å². The molecule has 1 atom stereocenters. The van der Waals surface area contributed by atoms with E-state index in [9.17, 15) is 14.7 Å². The van der Waals surface area contributed by atoms with Crippen LogP contribution in [0.15, 0.2) is 24.3 Å². The molecule has 0 aliphatic carbocycles. The van der Waals surface area contributed by atoms with Crippen molar-refractivity contribution in [2.24, 2.45) is 0 Å². The highest BCUT2D eigenvalue weighted by Crippen LogP contribution is 2.14. The molecule has 0 aliphatic rings. The Morgan fingerprint density at radius 1 is 0.523 bits per heavy atom. The number of aliphatic hydroxyl groups excluding tert-OH is 1. The summed E-state index contributed by atoms with van der Waals surface area (Å²) < 4.78 is 10.6. The molecule has 0 unspecified atom stereocenters. The normalized spacial score (nSPS) is 12.3. The van der Waals surface area contributed by atoms with E-state index in [1.54, 1.807) is 0 Å². The first-order chi connectivity index (χ1) is 21.6. The van der Waals surface area contributed by atoms with Crippen LogP contribution in [0.3, 0.4) is 0 Å². The van der Waals surface area contributed by atoms with Crippen LogP contribution in [0.25, 0.3) is 0 Å². The van der Waals surface area contributed by atoms with E-state index in [1.807, 2.05) is 0 Å². The molecule has 0 bridgehead atoms. The van der Waals surface area contributed by atoms with Gasteiger partial charge in [0.25, 0.3) is 0 Å². The minimum Gasteiger partial charge on any atom is -0.462 e. The molecule has 0 heterocycles. The summed E-state index contributed by atoms with van der Waals surface area (Å²) in [6, 6.07) is 0. The van der Waals surface area contributed by atoms with Crippen molar-refractivity contribution < 1.29 is 24.2 Å². The quantitative estimate of drug-likeness (QED) is 0.0440. The molecule has 0 aromatic heterocycles. The van der Waals surface area contributed by atoms with E-state index >= 15 is 0 Å². The summed E-state index contributed by atoms with van der Waals surface area (Å²) in [6.07, 6.45) is 40.9. The highest BCUT2D eigenvalue weighted by Gasteiger charge is 2.16. The number of unbranched alkanes of at least 4 members (excludes halogenated alkanes) is 22.